The molecule has 7 nitrogen and oxygen atoms in total. The van der Waals surface area contributed by atoms with Crippen LogP contribution >= 0.6 is 24.8 Å². The van der Waals surface area contributed by atoms with Gasteiger partial charge in [-0.25, -0.2) is 4.98 Å². The van der Waals surface area contributed by atoms with Gasteiger partial charge in [-0.15, -0.1) is 24.8 Å². The quantitative estimate of drug-likeness (QED) is 0.688. The van der Waals surface area contributed by atoms with Crippen molar-refractivity contribution in [1.29, 1.82) is 0 Å². The molecule has 3 rings (SSSR count). The van der Waals surface area contributed by atoms with E-state index in [-0.39, 0.29) is 42.9 Å². The van der Waals surface area contributed by atoms with E-state index in [0.717, 1.165) is 5.56 Å². The number of morpholine rings is 1. The second-order valence-electron chi connectivity index (χ2n) is 7.01. The molecule has 1 amide bonds. The first-order valence-electron chi connectivity index (χ1n) is 9.52. The van der Waals surface area contributed by atoms with Gasteiger partial charge < -0.3 is 25.0 Å². The molecule has 1 fully saturated rings. The number of carbonyl (C=O) groups is 1. The van der Waals surface area contributed by atoms with E-state index in [4.69, 9.17) is 15.2 Å². The van der Waals surface area contributed by atoms with Crippen LogP contribution in [0.4, 0.5) is 0 Å². The predicted octanol–water partition coefficient (Wildman–Crippen LogP) is 2.41. The lowest BCUT2D eigenvalue weighted by atomic mass is 9.97. The second-order valence-corrected chi connectivity index (χ2v) is 7.01. The van der Waals surface area contributed by atoms with Crippen LogP contribution in [0.15, 0.2) is 48.7 Å². The lowest BCUT2D eigenvalue weighted by Crippen LogP contribution is -2.51. The number of carbonyl (C=O) groups excluding carboxylic acids is 1. The number of nitrogens with zero attached hydrogens (tertiary/aromatic N) is 3. The van der Waals surface area contributed by atoms with Crippen molar-refractivity contribution in [3.8, 4) is 5.75 Å². The highest BCUT2D eigenvalue weighted by molar-refractivity contribution is 5.95. The van der Waals surface area contributed by atoms with Crippen LogP contribution in [0.25, 0.3) is 0 Å². The number of aromatic nitrogens is 1. The number of hydrogen-bond acceptors (Lipinski definition) is 6. The summed E-state index contributed by atoms with van der Waals surface area (Å²) in [5.74, 6) is 0.300. The normalized spacial score (nSPS) is 18.3. The average Bonchev–Trinajstić information content (AvgIpc) is 2.72. The van der Waals surface area contributed by atoms with Gasteiger partial charge in [0.2, 0.25) is 0 Å². The van der Waals surface area contributed by atoms with E-state index in [2.05, 4.69) is 9.88 Å². The van der Waals surface area contributed by atoms with Crippen molar-refractivity contribution in [2.45, 2.75) is 12.1 Å². The Bertz CT molecular complexity index is 780. The molecule has 2 N–H and O–H groups in total. The summed E-state index contributed by atoms with van der Waals surface area (Å²) >= 11 is 0. The van der Waals surface area contributed by atoms with Crippen LogP contribution in [0.3, 0.4) is 0 Å². The van der Waals surface area contributed by atoms with Gasteiger partial charge in [-0.2, -0.15) is 0 Å². The molecular formula is C21H30Cl2N4O3. The highest BCUT2D eigenvalue weighted by Crippen LogP contribution is 2.32. The summed E-state index contributed by atoms with van der Waals surface area (Å²) < 4.78 is 11.7. The summed E-state index contributed by atoms with van der Waals surface area (Å²) in [6.07, 6.45) is 1.48. The van der Waals surface area contributed by atoms with E-state index < -0.39 is 0 Å². The third-order valence-electron chi connectivity index (χ3n) is 4.65. The number of halogens is 2. The molecule has 0 aliphatic carbocycles. The number of amides is 1. The van der Waals surface area contributed by atoms with Crippen LogP contribution in [0.2, 0.25) is 0 Å². The Morgan fingerprint density at radius 2 is 1.97 bits per heavy atom. The predicted molar refractivity (Wildman–Crippen MR) is 122 cm³/mol. The largest absolute Gasteiger partial charge is 0.490 e. The maximum absolute atomic E-state index is 13.5. The van der Waals surface area contributed by atoms with Gasteiger partial charge in [0.05, 0.1) is 18.8 Å². The van der Waals surface area contributed by atoms with E-state index >= 15 is 0 Å². The number of likely N-dealkylation sites (N-methyl/N-ethyl adjacent to an activating group) is 1. The Hall–Kier alpha value is -1.90. The molecule has 2 aromatic rings. The maximum Gasteiger partial charge on any atom is 0.276 e. The highest BCUT2D eigenvalue weighted by atomic mass is 35.5. The Labute approximate surface area is 190 Å². The summed E-state index contributed by atoms with van der Waals surface area (Å²) in [5, 5.41) is 0. The van der Waals surface area contributed by atoms with E-state index in [1.54, 1.807) is 18.3 Å². The van der Waals surface area contributed by atoms with Gasteiger partial charge in [0.15, 0.2) is 11.4 Å². The van der Waals surface area contributed by atoms with Crippen molar-refractivity contribution in [2.24, 2.45) is 5.73 Å². The minimum atomic E-state index is -0.200. The van der Waals surface area contributed by atoms with Crippen LogP contribution in [-0.4, -0.2) is 73.7 Å². The number of hydrogen-bond donors (Lipinski definition) is 1. The van der Waals surface area contributed by atoms with Gasteiger partial charge >= 0.3 is 0 Å². The Balaban J connectivity index is 0.00000225. The zero-order chi connectivity index (χ0) is 19.9. The number of nitrogens with two attached hydrogens (primary N) is 1. The zero-order valence-electron chi connectivity index (χ0n) is 17.3. The second kappa shape index (κ2) is 12.7. The van der Waals surface area contributed by atoms with Crippen LogP contribution in [0.1, 0.15) is 22.1 Å². The molecule has 0 radical (unpaired) electrons. The SMILES string of the molecule is CN(C)C[C@@H]1OCCN(C(=O)c2ncccc2OCCN)[C@H]1c1ccccc1.Cl.Cl. The number of pyridine rings is 1. The van der Waals surface area contributed by atoms with Crippen LogP contribution in [0, 0.1) is 0 Å². The fraction of sp³-hybridized carbons (Fsp3) is 0.429. The van der Waals surface area contributed by atoms with Crippen LogP contribution < -0.4 is 10.5 Å². The van der Waals surface area contributed by atoms with Crippen molar-refractivity contribution < 1.29 is 14.3 Å². The van der Waals surface area contributed by atoms with E-state index in [9.17, 15) is 4.79 Å². The molecule has 1 aromatic carbocycles. The molecule has 1 aliphatic heterocycles. The highest BCUT2D eigenvalue weighted by Gasteiger charge is 2.38. The van der Waals surface area contributed by atoms with Crippen molar-refractivity contribution in [3.05, 3.63) is 59.9 Å². The molecule has 30 heavy (non-hydrogen) atoms. The topological polar surface area (TPSA) is 80.9 Å². The molecule has 1 saturated heterocycles. The Kier molecular flexibility index (Phi) is 11.1. The van der Waals surface area contributed by atoms with E-state index in [1.807, 2.05) is 49.3 Å². The minimum absolute atomic E-state index is 0. The first-order chi connectivity index (χ1) is 13.6. The molecule has 1 aliphatic rings. The Morgan fingerprint density at radius 1 is 1.23 bits per heavy atom. The van der Waals surface area contributed by atoms with Gasteiger partial charge in [-0.1, -0.05) is 30.3 Å². The number of rotatable bonds is 7. The van der Waals surface area contributed by atoms with Gasteiger partial charge in [-0.3, -0.25) is 4.79 Å². The van der Waals surface area contributed by atoms with E-state index in [1.165, 1.54) is 0 Å². The molecule has 2 atom stereocenters. The molecule has 0 spiro atoms. The van der Waals surface area contributed by atoms with Gasteiger partial charge in [0, 0.05) is 25.8 Å². The van der Waals surface area contributed by atoms with Crippen molar-refractivity contribution in [3.63, 3.8) is 0 Å². The molecular weight excluding hydrogens is 427 g/mol. The molecule has 0 saturated carbocycles. The zero-order valence-corrected chi connectivity index (χ0v) is 18.9. The molecule has 0 unspecified atom stereocenters. The first-order valence-corrected chi connectivity index (χ1v) is 9.52. The van der Waals surface area contributed by atoms with Crippen LogP contribution in [-0.2, 0) is 4.74 Å². The smallest absolute Gasteiger partial charge is 0.276 e. The van der Waals surface area contributed by atoms with Gasteiger partial charge in [0.25, 0.3) is 5.91 Å². The third-order valence-corrected chi connectivity index (χ3v) is 4.65. The van der Waals surface area contributed by atoms with Gasteiger partial charge in [0.1, 0.15) is 6.61 Å². The van der Waals surface area contributed by atoms with Crippen LogP contribution in [0.5, 0.6) is 5.75 Å². The summed E-state index contributed by atoms with van der Waals surface area (Å²) in [6, 6.07) is 13.3. The summed E-state index contributed by atoms with van der Waals surface area (Å²) in [6.45, 7) is 2.40. The molecule has 9 heteroatoms. The summed E-state index contributed by atoms with van der Waals surface area (Å²) in [5.41, 5.74) is 6.90. The third kappa shape index (κ3) is 6.30. The fourth-order valence-corrected chi connectivity index (χ4v) is 3.49. The summed E-state index contributed by atoms with van der Waals surface area (Å²) in [7, 11) is 4.01. The van der Waals surface area contributed by atoms with Crippen molar-refractivity contribution in [2.75, 3.05) is 46.9 Å². The van der Waals surface area contributed by atoms with E-state index in [0.29, 0.717) is 44.3 Å². The molecule has 0 bridgehead atoms. The molecule has 1 aromatic heterocycles. The van der Waals surface area contributed by atoms with Crippen molar-refractivity contribution in [1.82, 2.24) is 14.8 Å². The minimum Gasteiger partial charge on any atom is -0.490 e. The fourth-order valence-electron chi connectivity index (χ4n) is 3.49. The maximum atomic E-state index is 13.5. The van der Waals surface area contributed by atoms with Crippen molar-refractivity contribution >= 4 is 30.7 Å². The summed E-state index contributed by atoms with van der Waals surface area (Å²) in [4.78, 5) is 21.7. The average molecular weight is 457 g/mol. The Morgan fingerprint density at radius 3 is 2.63 bits per heavy atom. The molecule has 166 valence electrons. The number of ether oxygens (including phenoxy) is 2. The lowest BCUT2D eigenvalue weighted by molar-refractivity contribution is -0.0686. The molecule has 2 heterocycles. The number of benzene rings is 1. The monoisotopic (exact) mass is 456 g/mol. The lowest BCUT2D eigenvalue weighted by Gasteiger charge is -2.42. The van der Waals surface area contributed by atoms with Gasteiger partial charge in [-0.05, 0) is 31.8 Å². The first kappa shape index (κ1) is 26.1. The standard InChI is InChI=1S/C21H28N4O3.2ClH/c1-24(2)15-18-20(16-7-4-3-5-8-16)25(12-14-28-18)21(26)19-17(27-13-10-22)9-6-11-23-19;;/h3-9,11,18,20H,10,12-15,22H2,1-2H3;2*1H/t18-,20-;;/m0../s1.